The zero-order chi connectivity index (χ0) is 30.5. The Kier molecular flexibility index (Phi) is 9.51. The predicted octanol–water partition coefficient (Wildman–Crippen LogP) is 5.96. The van der Waals surface area contributed by atoms with Crippen molar-refractivity contribution < 1.29 is 14.1 Å². The molecule has 1 saturated carbocycles. The van der Waals surface area contributed by atoms with Crippen LogP contribution in [0, 0.1) is 11.8 Å². The number of para-hydroxylation sites is 1. The summed E-state index contributed by atoms with van der Waals surface area (Å²) in [5, 5.41) is 10.5. The number of anilines is 3. The molecule has 0 atom stereocenters. The fourth-order valence-corrected chi connectivity index (χ4v) is 5.62. The number of amides is 1. The van der Waals surface area contributed by atoms with Gasteiger partial charge in [0.15, 0.2) is 0 Å². The molecule has 1 heterocycles. The van der Waals surface area contributed by atoms with Crippen LogP contribution in [0.15, 0.2) is 82.8 Å². The highest BCUT2D eigenvalue weighted by Gasteiger charge is 2.43. The first kappa shape index (κ1) is 31.0. The second kappa shape index (κ2) is 12.9. The lowest BCUT2D eigenvalue weighted by atomic mass is 10.1. The minimum absolute atomic E-state index is 0.147. The Bertz CT molecular complexity index is 1650. The smallest absolute Gasteiger partial charge is 0.247 e. The summed E-state index contributed by atoms with van der Waals surface area (Å²) >= 11 is 6.60. The van der Waals surface area contributed by atoms with Gasteiger partial charge in [-0.05, 0) is 70.6 Å². The molecule has 10 heteroatoms. The zero-order valence-corrected chi connectivity index (χ0v) is 26.1. The van der Waals surface area contributed by atoms with Crippen molar-refractivity contribution in [1.82, 2.24) is 4.90 Å². The van der Waals surface area contributed by atoms with Gasteiger partial charge in [-0.15, -0.1) is 0 Å². The van der Waals surface area contributed by atoms with Crippen LogP contribution in [0.4, 0.5) is 17.1 Å². The van der Waals surface area contributed by atoms with Gasteiger partial charge in [0.05, 0.1) is 40.8 Å². The predicted molar refractivity (Wildman–Crippen MR) is 175 cm³/mol. The molecule has 1 aliphatic heterocycles. The molecule has 1 amide bonds. The molecular weight excluding hydrogens is 569 g/mol. The van der Waals surface area contributed by atoms with E-state index in [9.17, 15) is 9.36 Å². The van der Waals surface area contributed by atoms with Crippen LogP contribution in [0.3, 0.4) is 0 Å². The maximum Gasteiger partial charge on any atom is 0.247 e. The molecule has 0 unspecified atom stereocenters. The number of carbonyl (C=O) groups is 1. The van der Waals surface area contributed by atoms with Gasteiger partial charge in [-0.2, -0.15) is 0 Å². The maximum absolute atomic E-state index is 12.8. The maximum atomic E-state index is 12.8. The molecule has 2 aromatic rings. The summed E-state index contributed by atoms with van der Waals surface area (Å²) in [7, 11) is 3.08. The van der Waals surface area contributed by atoms with E-state index in [4.69, 9.17) is 16.3 Å². The number of nitrogens with one attached hydrogen (secondary N) is 3. The van der Waals surface area contributed by atoms with E-state index in [1.165, 1.54) is 12.3 Å². The molecule has 2 aromatic carbocycles. The molecule has 218 valence electrons. The Hall–Kier alpha value is -3.98. The van der Waals surface area contributed by atoms with Gasteiger partial charge in [-0.1, -0.05) is 47.9 Å². The van der Waals surface area contributed by atoms with E-state index in [1.54, 1.807) is 38.6 Å². The molecule has 0 radical (unpaired) electrons. The second-order valence-corrected chi connectivity index (χ2v) is 14.2. The van der Waals surface area contributed by atoms with E-state index in [0.717, 1.165) is 18.1 Å². The summed E-state index contributed by atoms with van der Waals surface area (Å²) in [6.07, 6.45) is 6.93. The van der Waals surface area contributed by atoms with Crippen LogP contribution in [0.1, 0.15) is 24.8 Å². The number of methoxy groups -OCH3 is 1. The molecule has 2 aliphatic rings. The highest BCUT2D eigenvalue weighted by atomic mass is 35.5. The van der Waals surface area contributed by atoms with Crippen LogP contribution in [0.25, 0.3) is 0 Å². The fourth-order valence-electron chi connectivity index (χ4n) is 4.31. The van der Waals surface area contributed by atoms with E-state index in [-0.39, 0.29) is 11.4 Å². The van der Waals surface area contributed by atoms with Gasteiger partial charge in [0, 0.05) is 23.5 Å². The lowest BCUT2D eigenvalue weighted by molar-refractivity contribution is -0.111. The zero-order valence-electron chi connectivity index (χ0n) is 24.5. The number of aliphatic imine (C=N–C) groups is 1. The van der Waals surface area contributed by atoms with Gasteiger partial charge in [0.25, 0.3) is 0 Å². The summed E-state index contributed by atoms with van der Waals surface area (Å²) in [5.74, 6) is 7.37. The molecule has 0 saturated heterocycles. The van der Waals surface area contributed by atoms with Crippen LogP contribution >= 0.6 is 18.7 Å². The van der Waals surface area contributed by atoms with Crippen molar-refractivity contribution in [2.24, 2.45) is 4.99 Å². The molecule has 0 bridgehead atoms. The largest absolute Gasteiger partial charge is 0.495 e. The Labute approximate surface area is 252 Å². The van der Waals surface area contributed by atoms with Crippen LogP contribution in [-0.4, -0.2) is 56.7 Å². The average molecular weight is 604 g/mol. The third-order valence-electron chi connectivity index (χ3n) is 6.93. The van der Waals surface area contributed by atoms with Crippen molar-refractivity contribution in [1.29, 1.82) is 0 Å². The minimum Gasteiger partial charge on any atom is -0.495 e. The van der Waals surface area contributed by atoms with Crippen molar-refractivity contribution >= 4 is 52.9 Å². The van der Waals surface area contributed by atoms with E-state index in [2.05, 4.69) is 50.0 Å². The summed E-state index contributed by atoms with van der Waals surface area (Å²) in [5.41, 5.74) is 6.01. The van der Waals surface area contributed by atoms with Gasteiger partial charge in [-0.3, -0.25) is 9.69 Å². The lowest BCUT2D eigenvalue weighted by Crippen LogP contribution is -2.28. The van der Waals surface area contributed by atoms with E-state index < -0.39 is 7.14 Å². The van der Waals surface area contributed by atoms with Crippen LogP contribution in [0.2, 0.25) is 0 Å². The second-order valence-electron chi connectivity index (χ2n) is 10.6. The topological polar surface area (TPSA) is 95.1 Å². The number of benzene rings is 2. The first-order valence-electron chi connectivity index (χ1n) is 13.4. The van der Waals surface area contributed by atoms with Crippen molar-refractivity contribution in [2.75, 3.05) is 50.5 Å². The quantitative estimate of drug-likeness (QED) is 0.149. The number of nitrogens with zero attached hydrogens (tertiary/aromatic N) is 2. The van der Waals surface area contributed by atoms with Gasteiger partial charge in [0.2, 0.25) is 5.91 Å². The number of ether oxygens (including phenoxy) is 1. The third kappa shape index (κ3) is 7.45. The Morgan fingerprint density at radius 2 is 1.93 bits per heavy atom. The van der Waals surface area contributed by atoms with Crippen molar-refractivity contribution in [3.05, 3.63) is 83.4 Å². The van der Waals surface area contributed by atoms with E-state index >= 15 is 0 Å². The SMILES string of the molecule is C=CC(=O)Nc1cc(NC2=N/C=C(/Cl)C(Nc3ccccc3P(C)(C)=O)=C=CC2)c(OC)cc1C#CC1(N(C)C)CC1. The minimum atomic E-state index is -2.52. The van der Waals surface area contributed by atoms with Crippen molar-refractivity contribution in [3.63, 3.8) is 0 Å². The normalized spacial score (nSPS) is 16.8. The first-order chi connectivity index (χ1) is 20.0. The molecule has 1 fully saturated rings. The molecule has 0 spiro atoms. The summed E-state index contributed by atoms with van der Waals surface area (Å²) in [4.78, 5) is 18.9. The molecule has 0 aromatic heterocycles. The van der Waals surface area contributed by atoms with Gasteiger partial charge >= 0.3 is 0 Å². The van der Waals surface area contributed by atoms with Gasteiger partial charge in [0.1, 0.15) is 24.4 Å². The van der Waals surface area contributed by atoms with Crippen LogP contribution in [-0.2, 0) is 9.36 Å². The summed E-state index contributed by atoms with van der Waals surface area (Å²) in [6, 6.07) is 11.0. The van der Waals surface area contributed by atoms with E-state index in [0.29, 0.717) is 51.4 Å². The first-order valence-corrected chi connectivity index (χ1v) is 16.4. The Morgan fingerprint density at radius 3 is 2.57 bits per heavy atom. The highest BCUT2D eigenvalue weighted by molar-refractivity contribution is 7.70. The molecule has 3 N–H and O–H groups in total. The lowest BCUT2D eigenvalue weighted by Gasteiger charge is -2.18. The number of hydrogen-bond acceptors (Lipinski definition) is 7. The number of amidine groups is 1. The average Bonchev–Trinajstić information content (AvgIpc) is 3.74. The molecule has 8 nitrogen and oxygen atoms in total. The fraction of sp³-hybridized carbons (Fsp3) is 0.281. The standard InChI is InChI=1S/C32H35ClN5O3P/c1-7-31(39)37-26-20-27(28(41-4)19-22(26)15-16-32(17-18-32)38(2)3)36-30-14-10-12-24(23(33)21-34-30)35-25-11-8-9-13-29(25)42(5,6)40/h7-11,13,19-21,35H,1,14,17-18H2,2-6H3,(H,34,36)(H,37,39)/b23-21+. The highest BCUT2D eigenvalue weighted by Crippen LogP contribution is 2.40. The van der Waals surface area contributed by atoms with E-state index in [1.807, 2.05) is 38.4 Å². The van der Waals surface area contributed by atoms with Crippen molar-refractivity contribution in [3.8, 4) is 17.6 Å². The monoisotopic (exact) mass is 603 g/mol. The summed E-state index contributed by atoms with van der Waals surface area (Å²) in [6.45, 7) is 7.02. The molecular formula is C32H35ClN5O3P. The molecule has 4 rings (SSSR count). The number of halogens is 1. The number of rotatable bonds is 8. The van der Waals surface area contributed by atoms with Crippen LogP contribution < -0.4 is 26.0 Å². The number of carbonyl (C=O) groups excluding carboxylic acids is 1. The summed E-state index contributed by atoms with van der Waals surface area (Å²) < 4.78 is 18.5. The number of hydrogen-bond donors (Lipinski definition) is 3. The third-order valence-corrected chi connectivity index (χ3v) is 8.77. The Morgan fingerprint density at radius 1 is 1.19 bits per heavy atom. The molecule has 1 aliphatic carbocycles. The van der Waals surface area contributed by atoms with Gasteiger partial charge < -0.3 is 25.3 Å². The van der Waals surface area contributed by atoms with Crippen LogP contribution in [0.5, 0.6) is 5.75 Å². The van der Waals surface area contributed by atoms with Crippen molar-refractivity contribution in [2.45, 2.75) is 24.8 Å². The Balaban J connectivity index is 1.62. The molecule has 42 heavy (non-hydrogen) atoms. The van der Waals surface area contributed by atoms with Gasteiger partial charge in [-0.25, -0.2) is 4.99 Å².